The smallest absolute Gasteiger partial charge is 0.257 e. The molecule has 1 aromatic heterocycles. The molecule has 2 rings (SSSR count). The molecule has 0 unspecified atom stereocenters. The molecule has 0 radical (unpaired) electrons. The summed E-state index contributed by atoms with van der Waals surface area (Å²) in [5, 5.41) is 17.5. The Morgan fingerprint density at radius 3 is 2.68 bits per heavy atom. The number of rotatable bonds is 5. The Balaban J connectivity index is 2.46. The monoisotopic (exact) mass is 359 g/mol. The Morgan fingerprint density at radius 1 is 1.32 bits per heavy atom. The maximum absolute atomic E-state index is 11.0. The molecule has 0 N–H and O–H groups in total. The van der Waals surface area contributed by atoms with Crippen LogP contribution in [0.15, 0.2) is 22.7 Å². The van der Waals surface area contributed by atoms with E-state index in [2.05, 4.69) is 32.2 Å². The van der Waals surface area contributed by atoms with Gasteiger partial charge in [-0.1, -0.05) is 29.8 Å². The minimum Gasteiger partial charge on any atom is -0.437 e. The SMILES string of the molecule is CCc1nnc(Oc2ccc(Br)c(C=O)c2)c(C#N)c1CC. The average molecular weight is 360 g/mol. The van der Waals surface area contributed by atoms with Gasteiger partial charge in [0.15, 0.2) is 6.29 Å². The number of hydrogen-bond donors (Lipinski definition) is 0. The van der Waals surface area contributed by atoms with Gasteiger partial charge in [-0.15, -0.1) is 5.10 Å². The Morgan fingerprint density at radius 2 is 2.09 bits per heavy atom. The number of halogens is 1. The van der Waals surface area contributed by atoms with E-state index in [1.807, 2.05) is 13.8 Å². The van der Waals surface area contributed by atoms with E-state index in [1.165, 1.54) is 0 Å². The summed E-state index contributed by atoms with van der Waals surface area (Å²) in [7, 11) is 0. The summed E-state index contributed by atoms with van der Waals surface area (Å²) < 4.78 is 6.34. The molecule has 0 bridgehead atoms. The maximum Gasteiger partial charge on any atom is 0.257 e. The zero-order valence-electron chi connectivity index (χ0n) is 12.3. The lowest BCUT2D eigenvalue weighted by atomic mass is 10.0. The molecule has 0 aliphatic carbocycles. The number of aryl methyl sites for hydroxylation is 1. The first-order valence-electron chi connectivity index (χ1n) is 6.85. The molecule has 5 nitrogen and oxygen atoms in total. The van der Waals surface area contributed by atoms with Gasteiger partial charge in [-0.2, -0.15) is 10.4 Å². The number of carbonyl (C=O) groups is 1. The summed E-state index contributed by atoms with van der Waals surface area (Å²) in [5.74, 6) is 0.595. The van der Waals surface area contributed by atoms with Crippen LogP contribution in [0.1, 0.15) is 41.0 Å². The fraction of sp³-hybridized carbons (Fsp3) is 0.250. The van der Waals surface area contributed by atoms with Gasteiger partial charge in [0.1, 0.15) is 17.4 Å². The Hall–Kier alpha value is -2.26. The number of nitrogens with zero attached hydrogens (tertiary/aromatic N) is 3. The van der Waals surface area contributed by atoms with Crippen molar-refractivity contribution in [3.8, 4) is 17.7 Å². The van der Waals surface area contributed by atoms with Crippen LogP contribution < -0.4 is 4.74 Å². The molecular weight excluding hydrogens is 346 g/mol. The minimum absolute atomic E-state index is 0.163. The van der Waals surface area contributed by atoms with Crippen molar-refractivity contribution in [2.75, 3.05) is 0 Å². The van der Waals surface area contributed by atoms with E-state index in [1.54, 1.807) is 18.2 Å². The van der Waals surface area contributed by atoms with Crippen LogP contribution >= 0.6 is 15.9 Å². The van der Waals surface area contributed by atoms with Gasteiger partial charge in [0.05, 0.1) is 5.69 Å². The number of carbonyl (C=O) groups excluding carboxylic acids is 1. The standard InChI is InChI=1S/C16H14BrN3O2/c1-3-12-13(8-18)16(20-19-15(12)4-2)22-11-5-6-14(17)10(7-11)9-21/h5-7,9H,3-4H2,1-2H3. The first-order chi connectivity index (χ1) is 10.6. The van der Waals surface area contributed by atoms with Crippen LogP contribution in [0.2, 0.25) is 0 Å². The predicted octanol–water partition coefficient (Wildman–Crippen LogP) is 3.84. The Bertz CT molecular complexity index is 754. The fourth-order valence-electron chi connectivity index (χ4n) is 2.13. The highest BCUT2D eigenvalue weighted by Gasteiger charge is 2.16. The number of nitriles is 1. The van der Waals surface area contributed by atoms with Crippen molar-refractivity contribution in [2.24, 2.45) is 0 Å². The molecule has 2 aromatic rings. The van der Waals surface area contributed by atoms with Gasteiger partial charge in [0.2, 0.25) is 0 Å². The van der Waals surface area contributed by atoms with E-state index in [9.17, 15) is 10.1 Å². The third-order valence-electron chi connectivity index (χ3n) is 3.23. The van der Waals surface area contributed by atoms with Gasteiger partial charge in [0.25, 0.3) is 5.88 Å². The number of aromatic nitrogens is 2. The molecule has 6 heteroatoms. The van der Waals surface area contributed by atoms with Crippen LogP contribution in [0.3, 0.4) is 0 Å². The topological polar surface area (TPSA) is 75.9 Å². The number of hydrogen-bond acceptors (Lipinski definition) is 5. The zero-order valence-corrected chi connectivity index (χ0v) is 13.8. The predicted molar refractivity (Wildman–Crippen MR) is 85.1 cm³/mol. The van der Waals surface area contributed by atoms with Crippen molar-refractivity contribution >= 4 is 22.2 Å². The van der Waals surface area contributed by atoms with E-state index < -0.39 is 0 Å². The van der Waals surface area contributed by atoms with Crippen LogP contribution in [0.5, 0.6) is 11.6 Å². The molecular formula is C16H14BrN3O2. The van der Waals surface area contributed by atoms with E-state index in [4.69, 9.17) is 4.74 Å². The molecule has 1 heterocycles. The summed E-state index contributed by atoms with van der Waals surface area (Å²) in [6.45, 7) is 3.93. The van der Waals surface area contributed by atoms with Crippen molar-refractivity contribution in [3.63, 3.8) is 0 Å². The van der Waals surface area contributed by atoms with Gasteiger partial charge in [-0.05, 0) is 36.6 Å². The van der Waals surface area contributed by atoms with Crippen LogP contribution in [-0.2, 0) is 12.8 Å². The normalized spacial score (nSPS) is 10.1. The number of aldehydes is 1. The van der Waals surface area contributed by atoms with Crippen LogP contribution in [-0.4, -0.2) is 16.5 Å². The summed E-state index contributed by atoms with van der Waals surface area (Å²) >= 11 is 3.28. The van der Waals surface area contributed by atoms with Crippen molar-refractivity contribution in [1.29, 1.82) is 5.26 Å². The second-order valence-electron chi connectivity index (χ2n) is 4.53. The number of ether oxygens (including phenoxy) is 1. The quantitative estimate of drug-likeness (QED) is 0.758. The van der Waals surface area contributed by atoms with E-state index in [0.717, 1.165) is 17.5 Å². The fourth-order valence-corrected chi connectivity index (χ4v) is 2.47. The molecule has 0 aliphatic heterocycles. The van der Waals surface area contributed by atoms with E-state index in [0.29, 0.717) is 34.2 Å². The first-order valence-corrected chi connectivity index (χ1v) is 7.64. The summed E-state index contributed by atoms with van der Waals surface area (Å²) in [6, 6.07) is 7.13. The van der Waals surface area contributed by atoms with Crippen LogP contribution in [0.25, 0.3) is 0 Å². The largest absolute Gasteiger partial charge is 0.437 e. The highest BCUT2D eigenvalue weighted by atomic mass is 79.9. The lowest BCUT2D eigenvalue weighted by Crippen LogP contribution is -2.05. The molecule has 0 saturated heterocycles. The molecule has 0 aliphatic rings. The minimum atomic E-state index is 0.163. The zero-order chi connectivity index (χ0) is 16.1. The maximum atomic E-state index is 11.0. The van der Waals surface area contributed by atoms with Gasteiger partial charge >= 0.3 is 0 Å². The molecule has 0 fully saturated rings. The summed E-state index contributed by atoms with van der Waals surface area (Å²) in [5.41, 5.74) is 2.51. The van der Waals surface area contributed by atoms with Crippen molar-refractivity contribution in [3.05, 3.63) is 45.1 Å². The summed E-state index contributed by atoms with van der Waals surface area (Å²) in [4.78, 5) is 11.0. The van der Waals surface area contributed by atoms with Gasteiger partial charge < -0.3 is 4.74 Å². The lowest BCUT2D eigenvalue weighted by Gasteiger charge is -2.11. The third-order valence-corrected chi connectivity index (χ3v) is 3.96. The Kier molecular flexibility index (Phi) is 5.23. The molecule has 0 saturated carbocycles. The molecule has 1 aromatic carbocycles. The molecule has 0 amide bonds. The van der Waals surface area contributed by atoms with E-state index >= 15 is 0 Å². The van der Waals surface area contributed by atoms with E-state index in [-0.39, 0.29) is 5.88 Å². The van der Waals surface area contributed by atoms with Gasteiger partial charge in [-0.25, -0.2) is 0 Å². The van der Waals surface area contributed by atoms with Gasteiger partial charge in [-0.3, -0.25) is 4.79 Å². The molecule has 22 heavy (non-hydrogen) atoms. The van der Waals surface area contributed by atoms with Crippen molar-refractivity contribution in [1.82, 2.24) is 10.2 Å². The highest BCUT2D eigenvalue weighted by molar-refractivity contribution is 9.10. The third kappa shape index (κ3) is 3.15. The van der Waals surface area contributed by atoms with Crippen LogP contribution in [0.4, 0.5) is 0 Å². The number of benzene rings is 1. The molecule has 0 atom stereocenters. The first kappa shape index (κ1) is 16.1. The second kappa shape index (κ2) is 7.14. The molecule has 0 spiro atoms. The van der Waals surface area contributed by atoms with Crippen molar-refractivity contribution in [2.45, 2.75) is 26.7 Å². The van der Waals surface area contributed by atoms with Gasteiger partial charge in [0, 0.05) is 10.0 Å². The lowest BCUT2D eigenvalue weighted by molar-refractivity contribution is 0.112. The van der Waals surface area contributed by atoms with Crippen LogP contribution in [0, 0.1) is 11.3 Å². The average Bonchev–Trinajstić information content (AvgIpc) is 2.55. The van der Waals surface area contributed by atoms with Crippen molar-refractivity contribution < 1.29 is 9.53 Å². The molecule has 112 valence electrons. The second-order valence-corrected chi connectivity index (χ2v) is 5.38. The highest BCUT2D eigenvalue weighted by Crippen LogP contribution is 2.28. The Labute approximate surface area is 137 Å². The summed E-state index contributed by atoms with van der Waals surface area (Å²) in [6.07, 6.45) is 2.11.